The van der Waals surface area contributed by atoms with Crippen molar-refractivity contribution in [3.8, 4) is 5.75 Å². The Morgan fingerprint density at radius 3 is 2.52 bits per heavy atom. The van der Waals surface area contributed by atoms with Gasteiger partial charge in [0.2, 0.25) is 5.82 Å². The van der Waals surface area contributed by atoms with Gasteiger partial charge in [-0.25, -0.2) is 4.98 Å². The zero-order valence-electron chi connectivity index (χ0n) is 14.0. The molecule has 1 aromatic heterocycles. The second-order valence-electron chi connectivity index (χ2n) is 5.97. The normalized spacial score (nSPS) is 15.0. The molecule has 0 saturated carbocycles. The minimum atomic E-state index is -0.436. The van der Waals surface area contributed by atoms with Gasteiger partial charge in [-0.15, -0.1) is 0 Å². The summed E-state index contributed by atoms with van der Waals surface area (Å²) < 4.78 is 5.12. The fraction of sp³-hybridized carbons (Fsp3) is 0.353. The number of benzene rings is 1. The van der Waals surface area contributed by atoms with Crippen LogP contribution in [0.25, 0.3) is 0 Å². The van der Waals surface area contributed by atoms with Crippen LogP contribution in [-0.4, -0.2) is 36.1 Å². The molecule has 0 radical (unpaired) electrons. The van der Waals surface area contributed by atoms with E-state index in [1.54, 1.807) is 37.4 Å². The molecule has 1 aromatic carbocycles. The van der Waals surface area contributed by atoms with E-state index in [1.165, 1.54) is 6.07 Å². The number of anilines is 3. The van der Waals surface area contributed by atoms with Crippen molar-refractivity contribution in [3.63, 3.8) is 0 Å². The molecule has 2 heterocycles. The first-order valence-corrected chi connectivity index (χ1v) is 8.14. The highest BCUT2D eigenvalue weighted by molar-refractivity contribution is 5.68. The molecule has 0 amide bonds. The van der Waals surface area contributed by atoms with Gasteiger partial charge in [0, 0.05) is 30.9 Å². The zero-order chi connectivity index (χ0) is 17.8. The van der Waals surface area contributed by atoms with Gasteiger partial charge < -0.3 is 20.7 Å². The molecule has 25 heavy (non-hydrogen) atoms. The summed E-state index contributed by atoms with van der Waals surface area (Å²) >= 11 is 0. The van der Waals surface area contributed by atoms with Crippen molar-refractivity contribution in [2.24, 2.45) is 5.73 Å². The molecule has 0 unspecified atom stereocenters. The summed E-state index contributed by atoms with van der Waals surface area (Å²) in [4.78, 5) is 17.5. The molecular weight excluding hydrogens is 322 g/mol. The molecule has 0 aliphatic carbocycles. The number of hydrogen-bond acceptors (Lipinski definition) is 7. The number of pyridine rings is 1. The van der Waals surface area contributed by atoms with Crippen LogP contribution in [0, 0.1) is 10.1 Å². The lowest BCUT2D eigenvalue weighted by Crippen LogP contribution is -2.40. The minimum absolute atomic E-state index is 0.0618. The maximum absolute atomic E-state index is 11.3. The fourth-order valence-corrected chi connectivity index (χ4v) is 2.80. The van der Waals surface area contributed by atoms with Crippen molar-refractivity contribution >= 4 is 23.0 Å². The van der Waals surface area contributed by atoms with Crippen LogP contribution in [0.3, 0.4) is 0 Å². The van der Waals surface area contributed by atoms with Crippen molar-refractivity contribution in [2.75, 3.05) is 30.4 Å². The number of aromatic nitrogens is 1. The number of methoxy groups -OCH3 is 1. The van der Waals surface area contributed by atoms with Crippen LogP contribution < -0.4 is 20.7 Å². The van der Waals surface area contributed by atoms with Gasteiger partial charge in [0.15, 0.2) is 0 Å². The molecule has 3 rings (SSSR count). The van der Waals surface area contributed by atoms with Crippen LogP contribution in [0.15, 0.2) is 36.4 Å². The lowest BCUT2D eigenvalue weighted by molar-refractivity contribution is -0.384. The first-order chi connectivity index (χ1) is 12.1. The Bertz CT molecular complexity index is 742. The smallest absolute Gasteiger partial charge is 0.311 e. The molecule has 1 aliphatic heterocycles. The van der Waals surface area contributed by atoms with Crippen molar-refractivity contribution in [2.45, 2.75) is 18.9 Å². The molecule has 1 aliphatic rings. The van der Waals surface area contributed by atoms with E-state index < -0.39 is 4.92 Å². The second-order valence-corrected chi connectivity index (χ2v) is 5.97. The first kappa shape index (κ1) is 17.0. The second kappa shape index (κ2) is 7.35. The molecule has 2 aromatic rings. The van der Waals surface area contributed by atoms with E-state index in [-0.39, 0.29) is 17.5 Å². The van der Waals surface area contributed by atoms with E-state index in [0.717, 1.165) is 25.9 Å². The number of nitrogens with one attached hydrogen (secondary N) is 1. The lowest BCUT2D eigenvalue weighted by atomic mass is 10.1. The summed E-state index contributed by atoms with van der Waals surface area (Å²) in [6.45, 7) is 1.60. The number of nitrogens with two attached hydrogens (primary N) is 1. The van der Waals surface area contributed by atoms with Crippen molar-refractivity contribution in [3.05, 3.63) is 46.5 Å². The highest BCUT2D eigenvalue weighted by atomic mass is 16.6. The summed E-state index contributed by atoms with van der Waals surface area (Å²) in [5, 5.41) is 14.4. The largest absolute Gasteiger partial charge is 0.497 e. The summed E-state index contributed by atoms with van der Waals surface area (Å²) in [7, 11) is 1.59. The molecule has 0 atom stereocenters. The summed E-state index contributed by atoms with van der Waals surface area (Å²) in [6, 6.07) is 10.5. The topological polar surface area (TPSA) is 107 Å². The molecule has 132 valence electrons. The molecule has 8 nitrogen and oxygen atoms in total. The number of nitro groups is 1. The predicted octanol–water partition coefficient (Wildman–Crippen LogP) is 2.67. The molecule has 1 saturated heterocycles. The molecule has 1 fully saturated rings. The highest BCUT2D eigenvalue weighted by Gasteiger charge is 2.21. The van der Waals surface area contributed by atoms with Gasteiger partial charge >= 0.3 is 5.69 Å². The van der Waals surface area contributed by atoms with Gasteiger partial charge in [0.05, 0.1) is 12.0 Å². The van der Waals surface area contributed by atoms with E-state index in [9.17, 15) is 10.1 Å². The van der Waals surface area contributed by atoms with E-state index in [1.807, 2.05) is 0 Å². The first-order valence-electron chi connectivity index (χ1n) is 8.14. The molecular formula is C17H21N5O3. The monoisotopic (exact) mass is 343 g/mol. The molecule has 0 bridgehead atoms. The van der Waals surface area contributed by atoms with E-state index in [4.69, 9.17) is 10.5 Å². The zero-order valence-corrected chi connectivity index (χ0v) is 14.0. The molecule has 3 N–H and O–H groups in total. The number of rotatable bonds is 5. The van der Waals surface area contributed by atoms with Gasteiger partial charge in [-0.1, -0.05) is 0 Å². The number of hydrogen-bond donors (Lipinski definition) is 2. The SMILES string of the molecule is COc1ccc(Nc2nc(N3CCC(N)CC3)ccc2[N+](=O)[O-])cc1. The molecule has 8 heteroatoms. The third-order valence-corrected chi connectivity index (χ3v) is 4.27. The van der Waals surface area contributed by atoms with Gasteiger partial charge in [-0.05, 0) is 43.2 Å². The van der Waals surface area contributed by atoms with Crippen molar-refractivity contribution < 1.29 is 9.66 Å². The van der Waals surface area contributed by atoms with Crippen molar-refractivity contribution in [1.82, 2.24) is 4.98 Å². The Kier molecular flexibility index (Phi) is 4.99. The van der Waals surface area contributed by atoms with Crippen molar-refractivity contribution in [1.29, 1.82) is 0 Å². The standard InChI is InChI=1S/C17H21N5O3/c1-25-14-4-2-13(3-5-14)19-17-15(22(23)24)6-7-16(20-17)21-10-8-12(18)9-11-21/h2-7,12H,8-11,18H2,1H3,(H,19,20). The Labute approximate surface area is 145 Å². The fourth-order valence-electron chi connectivity index (χ4n) is 2.80. The average molecular weight is 343 g/mol. The summed E-state index contributed by atoms with van der Waals surface area (Å²) in [5.74, 6) is 1.66. The van der Waals surface area contributed by atoms with Crippen LogP contribution in [0.5, 0.6) is 5.75 Å². The van der Waals surface area contributed by atoms with Crippen LogP contribution in [0.4, 0.5) is 23.0 Å². The van der Waals surface area contributed by atoms with Gasteiger partial charge in [0.1, 0.15) is 11.6 Å². The summed E-state index contributed by atoms with van der Waals surface area (Å²) in [6.07, 6.45) is 1.78. The van der Waals surface area contributed by atoms with Gasteiger partial charge in [0.25, 0.3) is 0 Å². The average Bonchev–Trinajstić information content (AvgIpc) is 2.63. The number of piperidine rings is 1. The van der Waals surface area contributed by atoms with Crippen LogP contribution in [0.2, 0.25) is 0 Å². The third-order valence-electron chi connectivity index (χ3n) is 4.27. The Hall–Kier alpha value is -2.87. The van der Waals surface area contributed by atoms with Gasteiger partial charge in [-0.3, -0.25) is 10.1 Å². The Balaban J connectivity index is 1.86. The maximum atomic E-state index is 11.3. The quantitative estimate of drug-likeness (QED) is 0.635. The highest BCUT2D eigenvalue weighted by Crippen LogP contribution is 2.30. The maximum Gasteiger partial charge on any atom is 0.311 e. The van der Waals surface area contributed by atoms with E-state index >= 15 is 0 Å². The van der Waals surface area contributed by atoms with Gasteiger partial charge in [-0.2, -0.15) is 0 Å². The van der Waals surface area contributed by atoms with Crippen LogP contribution in [-0.2, 0) is 0 Å². The lowest BCUT2D eigenvalue weighted by Gasteiger charge is -2.31. The van der Waals surface area contributed by atoms with Crippen LogP contribution in [0.1, 0.15) is 12.8 Å². The molecule has 0 spiro atoms. The van der Waals surface area contributed by atoms with E-state index in [2.05, 4.69) is 15.2 Å². The Morgan fingerprint density at radius 1 is 1.24 bits per heavy atom. The number of nitrogens with zero attached hydrogens (tertiary/aromatic N) is 3. The minimum Gasteiger partial charge on any atom is -0.497 e. The Morgan fingerprint density at radius 2 is 1.92 bits per heavy atom. The van der Waals surface area contributed by atoms with E-state index in [0.29, 0.717) is 17.3 Å². The predicted molar refractivity (Wildman–Crippen MR) is 96.6 cm³/mol. The number of ether oxygens (including phenoxy) is 1. The van der Waals surface area contributed by atoms with Crippen LogP contribution >= 0.6 is 0 Å². The third kappa shape index (κ3) is 3.97. The summed E-state index contributed by atoms with van der Waals surface area (Å²) in [5.41, 5.74) is 6.58.